The summed E-state index contributed by atoms with van der Waals surface area (Å²) in [6, 6.07) is 17.0. The molecule has 0 aliphatic heterocycles. The summed E-state index contributed by atoms with van der Waals surface area (Å²) in [5.41, 5.74) is 7.51. The molecule has 92 valence electrons. The lowest BCUT2D eigenvalue weighted by Crippen LogP contribution is -2.09. The molecular formula is C16H11IN2. The highest BCUT2D eigenvalue weighted by molar-refractivity contribution is 14.1. The Balaban J connectivity index is 2.08. The normalized spacial score (nSPS) is 13.9. The van der Waals surface area contributed by atoms with E-state index in [0.717, 1.165) is 0 Å². The number of nitrogens with zero attached hydrogens (tertiary/aromatic N) is 1. The number of fused-ring (bicyclic) bond motifs is 5. The molecular weight excluding hydrogens is 347 g/mol. The quantitative estimate of drug-likeness (QED) is 0.435. The molecule has 3 heteroatoms. The van der Waals surface area contributed by atoms with Crippen LogP contribution in [-0.4, -0.2) is 7.99 Å². The maximum Gasteiger partial charge on any atom is 0.102 e. The molecule has 0 saturated carbocycles. The van der Waals surface area contributed by atoms with Gasteiger partial charge in [-0.25, -0.2) is 2.90 Å². The molecule has 0 fully saturated rings. The van der Waals surface area contributed by atoms with Crippen molar-refractivity contribution >= 4 is 35.0 Å². The molecule has 2 nitrogen and oxygen atoms in total. The monoisotopic (exact) mass is 358 g/mol. The van der Waals surface area contributed by atoms with Gasteiger partial charge in [0.05, 0.1) is 28.6 Å². The minimum Gasteiger partial charge on any atom is -0.286 e. The molecule has 0 unspecified atom stereocenters. The summed E-state index contributed by atoms with van der Waals surface area (Å²) in [5, 5.41) is 3.38. The fraction of sp³-hybridized carbons (Fsp3) is 0. The molecule has 0 amide bonds. The van der Waals surface area contributed by atoms with Gasteiger partial charge in [-0.05, 0) is 11.1 Å². The van der Waals surface area contributed by atoms with E-state index in [1.807, 2.05) is 0 Å². The van der Waals surface area contributed by atoms with E-state index in [1.54, 1.807) is 0 Å². The fourth-order valence-electron chi connectivity index (χ4n) is 2.59. The van der Waals surface area contributed by atoms with E-state index in [9.17, 15) is 0 Å². The van der Waals surface area contributed by atoms with E-state index in [0.29, 0.717) is 0 Å². The van der Waals surface area contributed by atoms with Crippen LogP contribution < -0.4 is 0 Å². The minimum absolute atomic E-state index is 1.21. The van der Waals surface area contributed by atoms with Gasteiger partial charge in [-0.2, -0.15) is 0 Å². The summed E-state index contributed by atoms with van der Waals surface area (Å²) in [6.45, 7) is 0. The number of aromatic nitrogens is 2. The predicted molar refractivity (Wildman–Crippen MR) is 88.0 cm³/mol. The highest BCUT2D eigenvalue weighted by Crippen LogP contribution is 2.40. The van der Waals surface area contributed by atoms with Crippen LogP contribution in [0.15, 0.2) is 48.5 Å². The smallest absolute Gasteiger partial charge is 0.102 e. The van der Waals surface area contributed by atoms with Crippen LogP contribution in [-0.2, 0) is 0 Å². The van der Waals surface area contributed by atoms with Crippen LogP contribution in [0.1, 0.15) is 11.1 Å². The minimum atomic E-state index is 1.21. The Kier molecular flexibility index (Phi) is 2.41. The summed E-state index contributed by atoms with van der Waals surface area (Å²) >= 11 is 2.29. The van der Waals surface area contributed by atoms with E-state index < -0.39 is 0 Å². The zero-order valence-corrected chi connectivity index (χ0v) is 12.3. The number of nitrogens with one attached hydrogen (secondary N) is 1. The van der Waals surface area contributed by atoms with Crippen molar-refractivity contribution in [3.05, 3.63) is 59.7 Å². The summed E-state index contributed by atoms with van der Waals surface area (Å²) in [4.78, 5) is 0. The first-order valence-corrected chi connectivity index (χ1v) is 7.15. The molecule has 0 bridgehead atoms. The lowest BCUT2D eigenvalue weighted by atomic mass is 9.93. The standard InChI is InChI=1S/C16H11IN2/c17-19-16-14-8-4-2-6-12(14)10-9-11-5-1-3-7-13(11)15(16)18-19/h1-10,18H/b10-9-,11-9?,12-10?,15-13?,16-14?. The first kappa shape index (κ1) is 11.1. The second-order valence-corrected chi connectivity index (χ2v) is 5.59. The molecule has 0 radical (unpaired) electrons. The van der Waals surface area contributed by atoms with Gasteiger partial charge >= 0.3 is 0 Å². The molecule has 2 aromatic carbocycles. The van der Waals surface area contributed by atoms with E-state index in [1.165, 1.54) is 33.6 Å². The molecule has 19 heavy (non-hydrogen) atoms. The molecule has 1 heterocycles. The number of benzene rings is 2. The molecule has 0 saturated heterocycles. The van der Waals surface area contributed by atoms with Gasteiger partial charge in [0.15, 0.2) is 0 Å². The average Bonchev–Trinajstić information content (AvgIpc) is 2.43. The lowest BCUT2D eigenvalue weighted by Gasteiger charge is -2.23. The molecule has 1 aliphatic rings. The van der Waals surface area contributed by atoms with Crippen LogP contribution in [0.3, 0.4) is 0 Å². The fourth-order valence-corrected chi connectivity index (χ4v) is 3.33. The van der Waals surface area contributed by atoms with Gasteiger partial charge in [-0.1, -0.05) is 60.7 Å². The third-order valence-corrected chi connectivity index (χ3v) is 4.26. The number of rotatable bonds is 0. The number of H-pyrrole nitrogens is 1. The summed E-state index contributed by atoms with van der Waals surface area (Å²) < 4.78 is 2.06. The Morgan fingerprint density at radius 3 is 2.05 bits per heavy atom. The summed E-state index contributed by atoms with van der Waals surface area (Å²) in [5.74, 6) is 0. The van der Waals surface area contributed by atoms with Crippen LogP contribution in [0.25, 0.3) is 34.7 Å². The van der Waals surface area contributed by atoms with Gasteiger partial charge in [-0.15, -0.1) is 0 Å². The van der Waals surface area contributed by atoms with E-state index in [2.05, 4.69) is 91.5 Å². The van der Waals surface area contributed by atoms with Crippen molar-refractivity contribution in [1.82, 2.24) is 7.99 Å². The number of hydrogen-bond acceptors (Lipinski definition) is 0. The molecule has 1 N–H and O–H groups in total. The Morgan fingerprint density at radius 1 is 0.789 bits per heavy atom. The van der Waals surface area contributed by atoms with Gasteiger partial charge < -0.3 is 0 Å². The Hall–Kier alpha value is -1.75. The zero-order chi connectivity index (χ0) is 12.8. The number of hydrogen-bond donors (Lipinski definition) is 1. The maximum absolute atomic E-state index is 3.38. The van der Waals surface area contributed by atoms with E-state index >= 15 is 0 Å². The first-order chi connectivity index (χ1) is 9.34. The largest absolute Gasteiger partial charge is 0.286 e. The van der Waals surface area contributed by atoms with Crippen LogP contribution in [0.5, 0.6) is 0 Å². The average molecular weight is 358 g/mol. The second-order valence-electron chi connectivity index (χ2n) is 4.62. The number of halogens is 1. The summed E-state index contributed by atoms with van der Waals surface area (Å²) in [7, 11) is 0. The molecule has 0 spiro atoms. The topological polar surface area (TPSA) is 20.7 Å². The van der Waals surface area contributed by atoms with Gasteiger partial charge in [0.2, 0.25) is 0 Å². The van der Waals surface area contributed by atoms with Crippen molar-refractivity contribution in [2.75, 3.05) is 0 Å². The third kappa shape index (κ3) is 1.61. The van der Waals surface area contributed by atoms with Crippen LogP contribution in [0, 0.1) is 0 Å². The molecule has 1 aromatic heterocycles. The lowest BCUT2D eigenvalue weighted by molar-refractivity contribution is 0.953. The Morgan fingerprint density at radius 2 is 1.37 bits per heavy atom. The van der Waals surface area contributed by atoms with Crippen molar-refractivity contribution < 1.29 is 0 Å². The van der Waals surface area contributed by atoms with Crippen molar-refractivity contribution in [3.63, 3.8) is 0 Å². The molecule has 0 atom stereocenters. The predicted octanol–water partition coefficient (Wildman–Crippen LogP) is 4.83. The Labute approximate surface area is 125 Å². The molecule has 4 rings (SSSR count). The molecule has 3 aromatic rings. The van der Waals surface area contributed by atoms with Crippen LogP contribution >= 0.6 is 22.9 Å². The zero-order valence-electron chi connectivity index (χ0n) is 10.1. The first-order valence-electron chi connectivity index (χ1n) is 6.18. The van der Waals surface area contributed by atoms with Crippen molar-refractivity contribution in [2.24, 2.45) is 0 Å². The number of aromatic amines is 1. The Bertz CT molecular complexity index is 793. The van der Waals surface area contributed by atoms with Crippen molar-refractivity contribution in [1.29, 1.82) is 0 Å². The third-order valence-electron chi connectivity index (χ3n) is 3.53. The SMILES string of the molecule is In1[nH]c2c1-c1ccccc1/C=C\c1ccccc1-2. The van der Waals surface area contributed by atoms with Gasteiger partial charge in [0.1, 0.15) is 5.69 Å². The maximum atomic E-state index is 3.38. The van der Waals surface area contributed by atoms with Crippen molar-refractivity contribution in [2.45, 2.75) is 0 Å². The molecule has 1 aliphatic carbocycles. The van der Waals surface area contributed by atoms with Crippen molar-refractivity contribution in [3.8, 4) is 22.5 Å². The van der Waals surface area contributed by atoms with Crippen LogP contribution in [0.2, 0.25) is 0 Å². The second kappa shape index (κ2) is 4.13. The highest BCUT2D eigenvalue weighted by Gasteiger charge is 2.21. The van der Waals surface area contributed by atoms with Gasteiger partial charge in [0, 0.05) is 11.1 Å². The summed E-state index contributed by atoms with van der Waals surface area (Å²) in [6.07, 6.45) is 4.39. The van der Waals surface area contributed by atoms with Crippen LogP contribution in [0.4, 0.5) is 0 Å². The highest BCUT2D eigenvalue weighted by atomic mass is 127. The van der Waals surface area contributed by atoms with Gasteiger partial charge in [0.25, 0.3) is 0 Å². The van der Waals surface area contributed by atoms with E-state index in [-0.39, 0.29) is 0 Å². The van der Waals surface area contributed by atoms with E-state index in [4.69, 9.17) is 0 Å². The van der Waals surface area contributed by atoms with Gasteiger partial charge in [-0.3, -0.25) is 5.10 Å².